The fourth-order valence-corrected chi connectivity index (χ4v) is 2.41. The number of hydrogen-bond donors (Lipinski definition) is 1. The number of halogens is 2. The molecule has 0 heterocycles. The zero-order chi connectivity index (χ0) is 14.2. The maximum Gasteiger partial charge on any atom is 0.307 e. The van der Waals surface area contributed by atoms with Crippen molar-refractivity contribution in [1.82, 2.24) is 4.90 Å². The van der Waals surface area contributed by atoms with E-state index in [2.05, 4.69) is 0 Å². The summed E-state index contributed by atoms with van der Waals surface area (Å²) in [7, 11) is 1.64. The molecule has 1 fully saturated rings. The summed E-state index contributed by atoms with van der Waals surface area (Å²) in [6.45, 7) is 0.321. The number of carbonyl (C=O) groups is 2. The van der Waals surface area contributed by atoms with Crippen LogP contribution in [0.3, 0.4) is 0 Å². The molecule has 6 heteroatoms. The smallest absolute Gasteiger partial charge is 0.307 e. The Kier molecular flexibility index (Phi) is 4.02. The van der Waals surface area contributed by atoms with Gasteiger partial charge in [-0.05, 0) is 18.1 Å². The lowest BCUT2D eigenvalue weighted by Crippen LogP contribution is -2.29. The van der Waals surface area contributed by atoms with Gasteiger partial charge in [0.25, 0.3) is 0 Å². The lowest BCUT2D eigenvalue weighted by atomic mass is 10.2. The van der Waals surface area contributed by atoms with Crippen molar-refractivity contribution in [3.05, 3.63) is 33.8 Å². The van der Waals surface area contributed by atoms with Crippen molar-refractivity contribution in [2.45, 2.75) is 13.0 Å². The van der Waals surface area contributed by atoms with Crippen molar-refractivity contribution >= 4 is 35.1 Å². The van der Waals surface area contributed by atoms with Gasteiger partial charge in [-0.3, -0.25) is 9.59 Å². The molecular weight excluding hydrogens is 289 g/mol. The van der Waals surface area contributed by atoms with Gasteiger partial charge in [-0.1, -0.05) is 35.3 Å². The topological polar surface area (TPSA) is 57.6 Å². The van der Waals surface area contributed by atoms with Gasteiger partial charge < -0.3 is 10.0 Å². The predicted molar refractivity (Wildman–Crippen MR) is 72.2 cm³/mol. The van der Waals surface area contributed by atoms with Gasteiger partial charge in [-0.15, -0.1) is 0 Å². The van der Waals surface area contributed by atoms with Crippen LogP contribution in [0.25, 0.3) is 0 Å². The van der Waals surface area contributed by atoms with E-state index in [0.29, 0.717) is 23.0 Å². The summed E-state index contributed by atoms with van der Waals surface area (Å²) in [6, 6.07) is 5.23. The maximum atomic E-state index is 12.0. The average Bonchev–Trinajstić information content (AvgIpc) is 3.14. The fourth-order valence-electron chi connectivity index (χ4n) is 2.03. The molecule has 0 spiro atoms. The summed E-state index contributed by atoms with van der Waals surface area (Å²) in [6.07, 6.45) is 0.418. The molecule has 1 aliphatic rings. The predicted octanol–water partition coefficient (Wildman–Crippen LogP) is 2.67. The molecule has 19 heavy (non-hydrogen) atoms. The molecule has 1 amide bonds. The lowest BCUT2D eigenvalue weighted by Gasteiger charge is -2.18. The van der Waals surface area contributed by atoms with Crippen LogP contribution in [0.1, 0.15) is 12.0 Å². The Morgan fingerprint density at radius 1 is 1.37 bits per heavy atom. The van der Waals surface area contributed by atoms with Crippen LogP contribution >= 0.6 is 23.2 Å². The number of hydrogen-bond acceptors (Lipinski definition) is 2. The molecule has 1 aromatic rings. The van der Waals surface area contributed by atoms with Crippen molar-refractivity contribution in [3.8, 4) is 0 Å². The van der Waals surface area contributed by atoms with E-state index in [4.69, 9.17) is 28.3 Å². The minimum Gasteiger partial charge on any atom is -0.481 e. The first-order valence-corrected chi connectivity index (χ1v) is 6.58. The number of carboxylic acid groups (broad SMARTS) is 1. The zero-order valence-corrected chi connectivity index (χ0v) is 11.8. The monoisotopic (exact) mass is 301 g/mol. The van der Waals surface area contributed by atoms with E-state index in [9.17, 15) is 9.59 Å². The minimum atomic E-state index is -0.910. The highest BCUT2D eigenvalue weighted by atomic mass is 35.5. The van der Waals surface area contributed by atoms with Gasteiger partial charge in [-0.2, -0.15) is 0 Å². The first kappa shape index (κ1) is 14.2. The molecule has 2 atom stereocenters. The third kappa shape index (κ3) is 3.01. The zero-order valence-electron chi connectivity index (χ0n) is 10.3. The Bertz CT molecular complexity index is 533. The average molecular weight is 302 g/mol. The Morgan fingerprint density at radius 2 is 2.05 bits per heavy atom. The highest BCUT2D eigenvalue weighted by molar-refractivity contribution is 6.42. The Labute approximate surface area is 120 Å². The van der Waals surface area contributed by atoms with Crippen LogP contribution in [0.15, 0.2) is 18.2 Å². The molecular formula is C13H13Cl2NO3. The molecule has 0 aromatic heterocycles. The van der Waals surface area contributed by atoms with Crippen molar-refractivity contribution in [2.75, 3.05) is 7.05 Å². The van der Waals surface area contributed by atoms with Gasteiger partial charge in [0.15, 0.2) is 0 Å². The summed E-state index contributed by atoms with van der Waals surface area (Å²) >= 11 is 12.0. The molecule has 0 bridgehead atoms. The third-order valence-electron chi connectivity index (χ3n) is 3.24. The van der Waals surface area contributed by atoms with Gasteiger partial charge in [-0.25, -0.2) is 0 Å². The Balaban J connectivity index is 2.02. The van der Waals surface area contributed by atoms with Crippen LogP contribution in [0.2, 0.25) is 10.0 Å². The van der Waals surface area contributed by atoms with E-state index in [-0.39, 0.29) is 5.91 Å². The highest BCUT2D eigenvalue weighted by Crippen LogP contribution is 2.40. The van der Waals surface area contributed by atoms with Crippen LogP contribution in [-0.4, -0.2) is 28.9 Å². The second kappa shape index (κ2) is 5.39. The van der Waals surface area contributed by atoms with Crippen LogP contribution in [0, 0.1) is 11.8 Å². The van der Waals surface area contributed by atoms with Gasteiger partial charge in [0.05, 0.1) is 21.9 Å². The number of nitrogens with zero attached hydrogens (tertiary/aromatic N) is 1. The standard InChI is InChI=1S/C13H13Cl2NO3/c1-16(12(17)8-5-9(8)13(18)19)6-7-3-2-4-10(14)11(7)15/h2-4,8-9H,5-6H2,1H3,(H,18,19). The number of benzene rings is 1. The van der Waals surface area contributed by atoms with E-state index in [0.717, 1.165) is 5.56 Å². The van der Waals surface area contributed by atoms with Crippen LogP contribution < -0.4 is 0 Å². The quantitative estimate of drug-likeness (QED) is 0.930. The Hall–Kier alpha value is -1.26. The molecule has 0 saturated heterocycles. The first-order chi connectivity index (χ1) is 8.91. The molecule has 1 saturated carbocycles. The number of rotatable bonds is 4. The molecule has 0 radical (unpaired) electrons. The van der Waals surface area contributed by atoms with Gasteiger partial charge in [0.1, 0.15) is 0 Å². The SMILES string of the molecule is CN(Cc1cccc(Cl)c1Cl)C(=O)C1CC1C(=O)O. The second-order valence-electron chi connectivity index (χ2n) is 4.69. The van der Waals surface area contributed by atoms with Gasteiger partial charge >= 0.3 is 5.97 Å². The molecule has 2 rings (SSSR count). The number of aliphatic carboxylic acids is 1. The van der Waals surface area contributed by atoms with Crippen molar-refractivity contribution in [3.63, 3.8) is 0 Å². The van der Waals surface area contributed by atoms with Crippen molar-refractivity contribution in [1.29, 1.82) is 0 Å². The maximum absolute atomic E-state index is 12.0. The normalized spacial score (nSPS) is 21.0. The van der Waals surface area contributed by atoms with Crippen LogP contribution in [-0.2, 0) is 16.1 Å². The minimum absolute atomic E-state index is 0.163. The molecule has 1 aromatic carbocycles. The fraction of sp³-hybridized carbons (Fsp3) is 0.385. The van der Waals surface area contributed by atoms with E-state index in [1.54, 1.807) is 25.2 Å². The molecule has 4 nitrogen and oxygen atoms in total. The molecule has 1 N–H and O–H groups in total. The second-order valence-corrected chi connectivity index (χ2v) is 5.48. The lowest BCUT2D eigenvalue weighted by molar-refractivity contribution is -0.141. The third-order valence-corrected chi connectivity index (χ3v) is 4.10. The largest absolute Gasteiger partial charge is 0.481 e. The number of carboxylic acids is 1. The summed E-state index contributed by atoms with van der Waals surface area (Å²) in [5.41, 5.74) is 0.748. The van der Waals surface area contributed by atoms with E-state index in [1.165, 1.54) is 4.90 Å². The van der Waals surface area contributed by atoms with Crippen molar-refractivity contribution in [2.24, 2.45) is 11.8 Å². The summed E-state index contributed by atoms with van der Waals surface area (Å²) < 4.78 is 0. The van der Waals surface area contributed by atoms with E-state index >= 15 is 0 Å². The van der Waals surface area contributed by atoms with Crippen LogP contribution in [0.4, 0.5) is 0 Å². The van der Waals surface area contributed by atoms with E-state index < -0.39 is 17.8 Å². The highest BCUT2D eigenvalue weighted by Gasteiger charge is 2.49. The molecule has 102 valence electrons. The summed E-state index contributed by atoms with van der Waals surface area (Å²) in [5, 5.41) is 9.68. The number of amides is 1. The molecule has 1 aliphatic carbocycles. The van der Waals surface area contributed by atoms with Crippen LogP contribution in [0.5, 0.6) is 0 Å². The summed E-state index contributed by atoms with van der Waals surface area (Å²) in [4.78, 5) is 24.2. The molecule has 0 aliphatic heterocycles. The Morgan fingerprint density at radius 3 is 2.63 bits per heavy atom. The van der Waals surface area contributed by atoms with Gasteiger partial charge in [0, 0.05) is 13.6 Å². The van der Waals surface area contributed by atoms with Crippen molar-refractivity contribution < 1.29 is 14.7 Å². The van der Waals surface area contributed by atoms with E-state index in [1.807, 2.05) is 0 Å². The molecule has 2 unspecified atom stereocenters. The number of carbonyl (C=O) groups excluding carboxylic acids is 1. The first-order valence-electron chi connectivity index (χ1n) is 5.82. The summed E-state index contributed by atoms with van der Waals surface area (Å²) in [5.74, 6) is -2.01. The van der Waals surface area contributed by atoms with Gasteiger partial charge in [0.2, 0.25) is 5.91 Å².